The summed E-state index contributed by atoms with van der Waals surface area (Å²) in [7, 11) is 0. The second kappa shape index (κ2) is 8.04. The predicted octanol–water partition coefficient (Wildman–Crippen LogP) is 5.22. The van der Waals surface area contributed by atoms with Crippen molar-refractivity contribution in [3.05, 3.63) is 47.6 Å². The zero-order valence-electron chi connectivity index (χ0n) is 14.0. The number of oxazole rings is 1. The summed E-state index contributed by atoms with van der Waals surface area (Å²) in [4.78, 5) is 4.12. The van der Waals surface area contributed by atoms with Crippen LogP contribution in [0.1, 0.15) is 44.8 Å². The van der Waals surface area contributed by atoms with Gasteiger partial charge in [0.15, 0.2) is 17.8 Å². The van der Waals surface area contributed by atoms with Gasteiger partial charge in [-0.05, 0) is 38.0 Å². The highest BCUT2D eigenvalue weighted by atomic mass is 35.5. The highest BCUT2D eigenvalue weighted by Crippen LogP contribution is 2.43. The average molecular weight is 350 g/mol. The number of nitrogens with zero attached hydrogens (tertiary/aromatic N) is 1. The quantitative estimate of drug-likeness (QED) is 0.687. The van der Waals surface area contributed by atoms with Gasteiger partial charge in [-0.2, -0.15) is 0 Å². The van der Waals surface area contributed by atoms with E-state index in [0.717, 1.165) is 24.4 Å². The number of hydrogen-bond acceptors (Lipinski definition) is 4. The molecule has 0 saturated heterocycles. The molecule has 130 valence electrons. The van der Waals surface area contributed by atoms with Crippen molar-refractivity contribution in [3.8, 4) is 5.75 Å². The molecule has 1 atom stereocenters. The van der Waals surface area contributed by atoms with Crippen LogP contribution in [0.4, 0.5) is 0 Å². The maximum absolute atomic E-state index is 6.53. The Labute approximate surface area is 148 Å². The molecule has 1 aliphatic carbocycles. The maximum Gasteiger partial charge on any atom is 0.193 e. The lowest BCUT2D eigenvalue weighted by Crippen LogP contribution is -2.46. The van der Waals surface area contributed by atoms with Crippen LogP contribution in [0, 0.1) is 5.92 Å². The summed E-state index contributed by atoms with van der Waals surface area (Å²) < 4.78 is 18.1. The van der Waals surface area contributed by atoms with Crippen LogP contribution in [0.2, 0.25) is 5.02 Å². The van der Waals surface area contributed by atoms with Crippen LogP contribution in [-0.4, -0.2) is 18.2 Å². The lowest BCUT2D eigenvalue weighted by molar-refractivity contribution is -0.0910. The van der Waals surface area contributed by atoms with Crippen LogP contribution >= 0.6 is 11.6 Å². The number of hydrogen-bond donors (Lipinski definition) is 0. The Bertz CT molecular complexity index is 625. The predicted molar refractivity (Wildman–Crippen MR) is 93.3 cm³/mol. The third-order valence-corrected chi connectivity index (χ3v) is 4.97. The molecule has 0 bridgehead atoms. The third kappa shape index (κ3) is 3.76. The smallest absolute Gasteiger partial charge is 0.193 e. The van der Waals surface area contributed by atoms with E-state index in [1.165, 1.54) is 25.7 Å². The van der Waals surface area contributed by atoms with Crippen LogP contribution in [0.3, 0.4) is 0 Å². The van der Waals surface area contributed by atoms with Crippen LogP contribution in [0.25, 0.3) is 0 Å². The molecule has 1 heterocycles. The molecular weight excluding hydrogens is 326 g/mol. The molecule has 2 aromatic rings. The van der Waals surface area contributed by atoms with Gasteiger partial charge in [0.2, 0.25) is 0 Å². The van der Waals surface area contributed by atoms with Crippen molar-refractivity contribution < 1.29 is 13.9 Å². The van der Waals surface area contributed by atoms with Crippen molar-refractivity contribution >= 4 is 11.6 Å². The van der Waals surface area contributed by atoms with Gasteiger partial charge in [0.25, 0.3) is 0 Å². The van der Waals surface area contributed by atoms with E-state index in [0.29, 0.717) is 24.2 Å². The first-order valence-corrected chi connectivity index (χ1v) is 9.03. The Kier molecular flexibility index (Phi) is 5.80. The number of rotatable bonds is 7. The van der Waals surface area contributed by atoms with Crippen molar-refractivity contribution in [1.82, 2.24) is 4.98 Å². The fraction of sp³-hybridized carbons (Fsp3) is 0.526. The van der Waals surface area contributed by atoms with Gasteiger partial charge in [-0.1, -0.05) is 36.9 Å². The lowest BCUT2D eigenvalue weighted by atomic mass is 9.75. The molecule has 0 amide bonds. The van der Waals surface area contributed by atoms with Crippen LogP contribution in [0.5, 0.6) is 5.75 Å². The largest absolute Gasteiger partial charge is 0.476 e. The van der Waals surface area contributed by atoms with Gasteiger partial charge < -0.3 is 13.9 Å². The Morgan fingerprint density at radius 2 is 2.12 bits per heavy atom. The van der Waals surface area contributed by atoms with E-state index in [-0.39, 0.29) is 0 Å². The van der Waals surface area contributed by atoms with Crippen molar-refractivity contribution in [1.29, 1.82) is 0 Å². The van der Waals surface area contributed by atoms with Gasteiger partial charge in [-0.15, -0.1) is 0 Å². The molecule has 1 saturated carbocycles. The van der Waals surface area contributed by atoms with Gasteiger partial charge in [0.05, 0.1) is 12.8 Å². The second-order valence-corrected chi connectivity index (χ2v) is 6.72. The molecule has 1 aliphatic rings. The van der Waals surface area contributed by atoms with Gasteiger partial charge in [-0.25, -0.2) is 4.98 Å². The van der Waals surface area contributed by atoms with E-state index >= 15 is 0 Å². The molecule has 1 fully saturated rings. The van der Waals surface area contributed by atoms with E-state index in [9.17, 15) is 0 Å². The number of halogens is 1. The SMILES string of the molecule is CCOCC(Oc1cccc(Cl)c1)(c1cnco1)C1CCCCC1. The van der Waals surface area contributed by atoms with E-state index < -0.39 is 5.60 Å². The summed E-state index contributed by atoms with van der Waals surface area (Å²) in [6.45, 7) is 3.06. The monoisotopic (exact) mass is 349 g/mol. The minimum absolute atomic E-state index is 0.324. The Morgan fingerprint density at radius 1 is 1.29 bits per heavy atom. The van der Waals surface area contributed by atoms with E-state index in [2.05, 4.69) is 4.98 Å². The molecule has 0 spiro atoms. The molecule has 0 N–H and O–H groups in total. The molecule has 0 aliphatic heterocycles. The molecule has 0 radical (unpaired) electrons. The number of ether oxygens (including phenoxy) is 2. The molecule has 1 unspecified atom stereocenters. The standard InChI is InChI=1S/C19H24ClNO3/c1-2-22-13-19(18-12-21-14-23-18,15-7-4-3-5-8-15)24-17-10-6-9-16(20)11-17/h6,9-12,14-15H,2-5,7-8,13H2,1H3. The normalized spacial score (nSPS) is 18.2. The molecule has 4 nitrogen and oxygen atoms in total. The summed E-state index contributed by atoms with van der Waals surface area (Å²) in [5.41, 5.74) is -0.669. The lowest BCUT2D eigenvalue weighted by Gasteiger charge is -2.40. The van der Waals surface area contributed by atoms with E-state index in [4.69, 9.17) is 25.5 Å². The molecule has 5 heteroatoms. The van der Waals surface area contributed by atoms with Crippen molar-refractivity contribution in [2.45, 2.75) is 44.6 Å². The zero-order chi connectivity index (χ0) is 16.8. The summed E-state index contributed by atoms with van der Waals surface area (Å²) in [5, 5.41) is 0.652. The summed E-state index contributed by atoms with van der Waals surface area (Å²) in [6, 6.07) is 7.49. The van der Waals surface area contributed by atoms with E-state index in [1.807, 2.05) is 31.2 Å². The first-order valence-electron chi connectivity index (χ1n) is 8.66. The van der Waals surface area contributed by atoms with Gasteiger partial charge in [0, 0.05) is 17.5 Å². The van der Waals surface area contributed by atoms with Gasteiger partial charge in [0.1, 0.15) is 5.75 Å². The second-order valence-electron chi connectivity index (χ2n) is 6.29. The van der Waals surface area contributed by atoms with Crippen molar-refractivity contribution in [2.75, 3.05) is 13.2 Å². The summed E-state index contributed by atoms with van der Waals surface area (Å²) in [6.07, 6.45) is 9.06. The molecular formula is C19H24ClNO3. The van der Waals surface area contributed by atoms with E-state index in [1.54, 1.807) is 6.20 Å². The van der Waals surface area contributed by atoms with Crippen molar-refractivity contribution in [3.63, 3.8) is 0 Å². The summed E-state index contributed by atoms with van der Waals surface area (Å²) >= 11 is 6.14. The number of aromatic nitrogens is 1. The Balaban J connectivity index is 1.99. The molecule has 1 aromatic carbocycles. The van der Waals surface area contributed by atoms with Crippen molar-refractivity contribution in [2.24, 2.45) is 5.92 Å². The summed E-state index contributed by atoms with van der Waals surface area (Å²) in [5.74, 6) is 1.77. The number of benzene rings is 1. The van der Waals surface area contributed by atoms with Crippen LogP contribution in [0.15, 0.2) is 41.3 Å². The van der Waals surface area contributed by atoms with Gasteiger partial charge in [-0.3, -0.25) is 0 Å². The first kappa shape index (κ1) is 17.3. The molecule has 1 aromatic heterocycles. The minimum Gasteiger partial charge on any atom is -0.476 e. The fourth-order valence-electron chi connectivity index (χ4n) is 3.54. The maximum atomic E-state index is 6.53. The highest BCUT2D eigenvalue weighted by molar-refractivity contribution is 6.30. The van der Waals surface area contributed by atoms with Crippen LogP contribution < -0.4 is 4.74 Å². The molecule has 3 rings (SSSR count). The Hall–Kier alpha value is -1.52. The van der Waals surface area contributed by atoms with Crippen LogP contribution in [-0.2, 0) is 10.3 Å². The third-order valence-electron chi connectivity index (χ3n) is 4.73. The topological polar surface area (TPSA) is 44.5 Å². The Morgan fingerprint density at radius 3 is 2.79 bits per heavy atom. The minimum atomic E-state index is -0.669. The average Bonchev–Trinajstić information content (AvgIpc) is 3.14. The molecule has 24 heavy (non-hydrogen) atoms. The van der Waals surface area contributed by atoms with Gasteiger partial charge >= 0.3 is 0 Å². The zero-order valence-corrected chi connectivity index (χ0v) is 14.8. The fourth-order valence-corrected chi connectivity index (χ4v) is 3.72. The highest BCUT2D eigenvalue weighted by Gasteiger charge is 2.46. The first-order chi connectivity index (χ1) is 11.7.